The summed E-state index contributed by atoms with van der Waals surface area (Å²) >= 11 is 0. The summed E-state index contributed by atoms with van der Waals surface area (Å²) in [5, 5.41) is 20.3. The van der Waals surface area contributed by atoms with E-state index in [1.807, 2.05) is 12.2 Å². The topological polar surface area (TPSA) is 86.6 Å². The highest BCUT2D eigenvalue weighted by molar-refractivity contribution is 5.86. The number of carbonyl (C=O) groups is 2. The van der Waals surface area contributed by atoms with Crippen LogP contribution in [-0.4, -0.2) is 35.2 Å². The van der Waals surface area contributed by atoms with Crippen molar-refractivity contribution >= 4 is 11.9 Å². The number of hydrogen-bond acceptors (Lipinski definition) is 3. The van der Waals surface area contributed by atoms with Crippen LogP contribution in [0.3, 0.4) is 0 Å². The molecule has 1 amide bonds. The normalized spacial score (nSPS) is 35.3. The second-order valence-corrected chi connectivity index (χ2v) is 4.35. The number of amides is 1. The second-order valence-electron chi connectivity index (χ2n) is 4.35. The van der Waals surface area contributed by atoms with E-state index in [0.717, 1.165) is 6.42 Å². The number of fused-ring (bicyclic) bond motifs is 2. The molecule has 2 rings (SSSR count). The molecule has 0 aliphatic heterocycles. The Balaban J connectivity index is 2.10. The van der Waals surface area contributed by atoms with Gasteiger partial charge in [0.1, 0.15) is 0 Å². The molecule has 2 bridgehead atoms. The van der Waals surface area contributed by atoms with Gasteiger partial charge in [0, 0.05) is 6.54 Å². The first-order valence-electron chi connectivity index (χ1n) is 5.45. The molecule has 16 heavy (non-hydrogen) atoms. The van der Waals surface area contributed by atoms with Crippen LogP contribution < -0.4 is 5.32 Å². The molecule has 0 aromatic rings. The minimum absolute atomic E-state index is 0.00706. The highest BCUT2D eigenvalue weighted by Crippen LogP contribution is 2.48. The number of carboxylic acid groups (broad SMARTS) is 1. The fourth-order valence-electron chi connectivity index (χ4n) is 2.81. The zero-order chi connectivity index (χ0) is 11.7. The predicted molar refractivity (Wildman–Crippen MR) is 55.4 cm³/mol. The van der Waals surface area contributed by atoms with Crippen LogP contribution in [0.2, 0.25) is 0 Å². The van der Waals surface area contributed by atoms with E-state index in [1.165, 1.54) is 0 Å². The molecular formula is C11H15NO4. The first-order valence-corrected chi connectivity index (χ1v) is 5.45. The minimum atomic E-state index is -0.902. The molecule has 88 valence electrons. The number of nitrogens with one attached hydrogen (secondary N) is 1. The molecule has 4 atom stereocenters. The Labute approximate surface area is 93.1 Å². The summed E-state index contributed by atoms with van der Waals surface area (Å²) in [5.41, 5.74) is 0. The molecular weight excluding hydrogens is 210 g/mol. The lowest BCUT2D eigenvalue weighted by atomic mass is 9.82. The summed E-state index contributed by atoms with van der Waals surface area (Å²) < 4.78 is 0. The van der Waals surface area contributed by atoms with Gasteiger partial charge < -0.3 is 15.5 Å². The maximum atomic E-state index is 11.8. The van der Waals surface area contributed by atoms with Crippen molar-refractivity contribution in [3.05, 3.63) is 12.2 Å². The number of allylic oxidation sites excluding steroid dienone is 2. The van der Waals surface area contributed by atoms with E-state index in [2.05, 4.69) is 5.32 Å². The van der Waals surface area contributed by atoms with Crippen LogP contribution in [0, 0.1) is 23.7 Å². The molecule has 3 N–H and O–H groups in total. The molecule has 0 spiro atoms. The van der Waals surface area contributed by atoms with Gasteiger partial charge in [-0.2, -0.15) is 0 Å². The molecule has 0 aromatic heterocycles. The molecule has 0 unspecified atom stereocenters. The van der Waals surface area contributed by atoms with Crippen molar-refractivity contribution in [1.82, 2.24) is 5.32 Å². The van der Waals surface area contributed by atoms with E-state index < -0.39 is 17.8 Å². The Morgan fingerprint density at radius 3 is 2.44 bits per heavy atom. The summed E-state index contributed by atoms with van der Waals surface area (Å²) in [7, 11) is 0. The Morgan fingerprint density at radius 1 is 1.25 bits per heavy atom. The average molecular weight is 225 g/mol. The Bertz CT molecular complexity index is 339. The zero-order valence-electron chi connectivity index (χ0n) is 8.80. The van der Waals surface area contributed by atoms with Gasteiger partial charge >= 0.3 is 5.97 Å². The minimum Gasteiger partial charge on any atom is -0.481 e. The highest BCUT2D eigenvalue weighted by atomic mass is 16.4. The van der Waals surface area contributed by atoms with Crippen LogP contribution >= 0.6 is 0 Å². The quantitative estimate of drug-likeness (QED) is 0.569. The predicted octanol–water partition coefficient (Wildman–Crippen LogP) is -0.382. The van der Waals surface area contributed by atoms with Gasteiger partial charge in [0.05, 0.1) is 18.4 Å². The summed E-state index contributed by atoms with van der Waals surface area (Å²) in [6, 6.07) is 0. The smallest absolute Gasteiger partial charge is 0.307 e. The zero-order valence-corrected chi connectivity index (χ0v) is 8.80. The first-order chi connectivity index (χ1) is 7.65. The maximum Gasteiger partial charge on any atom is 0.307 e. The number of rotatable bonds is 4. The molecule has 1 fully saturated rings. The Kier molecular flexibility index (Phi) is 2.96. The number of carbonyl (C=O) groups excluding carboxylic acids is 1. The number of aliphatic hydroxyl groups excluding tert-OH is 1. The molecule has 5 nitrogen and oxygen atoms in total. The van der Waals surface area contributed by atoms with Crippen molar-refractivity contribution in [2.45, 2.75) is 6.42 Å². The van der Waals surface area contributed by atoms with Gasteiger partial charge in [-0.05, 0) is 18.3 Å². The van der Waals surface area contributed by atoms with Gasteiger partial charge in [0.25, 0.3) is 0 Å². The lowest BCUT2D eigenvalue weighted by Crippen LogP contribution is -2.41. The van der Waals surface area contributed by atoms with E-state index in [4.69, 9.17) is 10.2 Å². The molecule has 0 radical (unpaired) electrons. The lowest BCUT2D eigenvalue weighted by molar-refractivity contribution is -0.147. The van der Waals surface area contributed by atoms with Crippen LogP contribution in [0.5, 0.6) is 0 Å². The van der Waals surface area contributed by atoms with Crippen molar-refractivity contribution in [2.24, 2.45) is 23.7 Å². The first kappa shape index (κ1) is 11.1. The van der Waals surface area contributed by atoms with Gasteiger partial charge in [-0.1, -0.05) is 12.2 Å². The number of hydrogen-bond donors (Lipinski definition) is 3. The molecule has 1 saturated carbocycles. The van der Waals surface area contributed by atoms with E-state index in [9.17, 15) is 9.59 Å². The van der Waals surface area contributed by atoms with Crippen molar-refractivity contribution in [1.29, 1.82) is 0 Å². The van der Waals surface area contributed by atoms with Crippen LogP contribution in [0.25, 0.3) is 0 Å². The third kappa shape index (κ3) is 1.71. The van der Waals surface area contributed by atoms with Crippen molar-refractivity contribution in [2.75, 3.05) is 13.2 Å². The molecule has 2 aliphatic rings. The molecule has 0 saturated heterocycles. The average Bonchev–Trinajstić information content (AvgIpc) is 2.84. The van der Waals surface area contributed by atoms with E-state index in [0.29, 0.717) is 0 Å². The van der Waals surface area contributed by atoms with Crippen molar-refractivity contribution in [3.63, 3.8) is 0 Å². The standard InChI is InChI=1S/C11H15NO4/c13-4-3-12-10(14)8-6-1-2-7(5-6)9(8)11(15)16/h1-2,6-9,13H,3-5H2,(H,12,14)(H,15,16)/t6-,7+,8+,9-/m0/s1. The highest BCUT2D eigenvalue weighted by Gasteiger charge is 2.51. The molecule has 0 heterocycles. The van der Waals surface area contributed by atoms with Gasteiger partial charge in [0.2, 0.25) is 5.91 Å². The third-order valence-electron chi connectivity index (χ3n) is 3.46. The van der Waals surface area contributed by atoms with Gasteiger partial charge in [-0.3, -0.25) is 9.59 Å². The Hall–Kier alpha value is -1.36. The fourth-order valence-corrected chi connectivity index (χ4v) is 2.81. The summed E-state index contributed by atoms with van der Waals surface area (Å²) in [5.74, 6) is -2.19. The summed E-state index contributed by atoms with van der Waals surface area (Å²) in [6.07, 6.45) is 4.60. The summed E-state index contributed by atoms with van der Waals surface area (Å²) in [6.45, 7) is 0.0584. The van der Waals surface area contributed by atoms with Gasteiger partial charge in [0.15, 0.2) is 0 Å². The fraction of sp³-hybridized carbons (Fsp3) is 0.636. The van der Waals surface area contributed by atoms with Crippen LogP contribution in [0.15, 0.2) is 12.2 Å². The van der Waals surface area contributed by atoms with E-state index >= 15 is 0 Å². The Morgan fingerprint density at radius 2 is 1.88 bits per heavy atom. The molecule has 0 aromatic carbocycles. The van der Waals surface area contributed by atoms with E-state index in [1.54, 1.807) is 0 Å². The van der Waals surface area contributed by atoms with Crippen LogP contribution in [0.4, 0.5) is 0 Å². The number of carboxylic acids is 1. The third-order valence-corrected chi connectivity index (χ3v) is 3.46. The SMILES string of the molecule is O=C(O)[C@@H]1[C@H](C(=O)NCCO)[C@H]2C=C[C@@H]1C2. The van der Waals surface area contributed by atoms with E-state index in [-0.39, 0.29) is 30.9 Å². The molecule has 5 heteroatoms. The van der Waals surface area contributed by atoms with Gasteiger partial charge in [-0.15, -0.1) is 0 Å². The van der Waals surface area contributed by atoms with Crippen molar-refractivity contribution in [3.8, 4) is 0 Å². The number of aliphatic hydroxyl groups is 1. The van der Waals surface area contributed by atoms with Gasteiger partial charge in [-0.25, -0.2) is 0 Å². The largest absolute Gasteiger partial charge is 0.481 e. The monoisotopic (exact) mass is 225 g/mol. The lowest BCUT2D eigenvalue weighted by Gasteiger charge is -2.23. The van der Waals surface area contributed by atoms with Crippen molar-refractivity contribution < 1.29 is 19.8 Å². The number of aliphatic carboxylic acids is 1. The maximum absolute atomic E-state index is 11.8. The molecule has 2 aliphatic carbocycles. The van der Waals surface area contributed by atoms with Crippen LogP contribution in [0.1, 0.15) is 6.42 Å². The van der Waals surface area contributed by atoms with Crippen LogP contribution in [-0.2, 0) is 9.59 Å². The second kappa shape index (κ2) is 4.25. The summed E-state index contributed by atoms with van der Waals surface area (Å²) in [4.78, 5) is 22.9.